The molecule has 0 aliphatic carbocycles. The van der Waals surface area contributed by atoms with Gasteiger partial charge in [0.1, 0.15) is 6.10 Å². The number of aliphatic hydroxyl groups is 4. The quantitative estimate of drug-likeness (QED) is 0.184. The Morgan fingerprint density at radius 1 is 0.793 bits per heavy atom. The summed E-state index contributed by atoms with van der Waals surface area (Å²) in [5, 5.41) is 39.3. The van der Waals surface area contributed by atoms with Crippen molar-refractivity contribution in [2.24, 2.45) is 0 Å². The van der Waals surface area contributed by atoms with Gasteiger partial charge in [-0.25, -0.2) is 4.31 Å². The molecule has 0 bridgehead atoms. The van der Waals surface area contributed by atoms with Gasteiger partial charge >= 0.3 is 0 Å². The Morgan fingerprint density at radius 2 is 1.28 bits per heavy atom. The SMILES string of the molecule is CCCCCCCCN(CCCCCCCC)S[C@@H]1S[C@H]([C@H](O)CO)[C@H](O)[C@H]1O. The van der Waals surface area contributed by atoms with Crippen molar-refractivity contribution in [1.82, 2.24) is 4.31 Å². The molecule has 4 N–H and O–H groups in total. The molecule has 0 radical (unpaired) electrons. The van der Waals surface area contributed by atoms with Crippen LogP contribution < -0.4 is 0 Å². The second-order valence-electron chi connectivity index (χ2n) is 8.27. The van der Waals surface area contributed by atoms with E-state index in [1.165, 1.54) is 76.0 Å². The van der Waals surface area contributed by atoms with Gasteiger partial charge in [-0.15, -0.1) is 11.8 Å². The lowest BCUT2D eigenvalue weighted by atomic mass is 10.1. The summed E-state index contributed by atoms with van der Waals surface area (Å²) >= 11 is 3.03. The lowest BCUT2D eigenvalue weighted by Gasteiger charge is -2.26. The molecule has 1 heterocycles. The summed E-state index contributed by atoms with van der Waals surface area (Å²) < 4.78 is 2.16. The third kappa shape index (κ3) is 11.1. The first kappa shape index (κ1) is 27.5. The first-order valence-corrected chi connectivity index (χ1v) is 13.5. The van der Waals surface area contributed by atoms with E-state index in [2.05, 4.69) is 18.2 Å². The highest BCUT2D eigenvalue weighted by Crippen LogP contribution is 2.43. The Hall–Kier alpha value is 0.500. The zero-order valence-electron chi connectivity index (χ0n) is 18.5. The first-order valence-electron chi connectivity index (χ1n) is 11.8. The van der Waals surface area contributed by atoms with Gasteiger partial charge in [0.2, 0.25) is 0 Å². The van der Waals surface area contributed by atoms with Crippen molar-refractivity contribution in [3.05, 3.63) is 0 Å². The van der Waals surface area contributed by atoms with Gasteiger partial charge in [-0.05, 0) is 12.8 Å². The third-order valence-corrected chi connectivity index (χ3v) is 8.79. The van der Waals surface area contributed by atoms with E-state index in [0.717, 1.165) is 25.9 Å². The summed E-state index contributed by atoms with van der Waals surface area (Å²) in [4.78, 5) is 0. The predicted octanol–water partition coefficient (Wildman–Crippen LogP) is 4.17. The lowest BCUT2D eigenvalue weighted by Crippen LogP contribution is -2.39. The molecule has 0 saturated carbocycles. The average molecular weight is 452 g/mol. The molecule has 5 nitrogen and oxygen atoms in total. The molecule has 1 saturated heterocycles. The summed E-state index contributed by atoms with van der Waals surface area (Å²) in [6.07, 6.45) is 12.3. The molecular weight excluding hydrogens is 406 g/mol. The maximum atomic E-state index is 10.4. The molecule has 0 unspecified atom stereocenters. The van der Waals surface area contributed by atoms with Crippen molar-refractivity contribution < 1.29 is 20.4 Å². The highest BCUT2D eigenvalue weighted by molar-refractivity contribution is 8.16. The molecule has 0 aromatic heterocycles. The molecule has 7 heteroatoms. The Labute approximate surface area is 187 Å². The van der Waals surface area contributed by atoms with Gasteiger partial charge in [0.05, 0.1) is 28.6 Å². The Morgan fingerprint density at radius 3 is 1.76 bits per heavy atom. The van der Waals surface area contributed by atoms with Crippen LogP contribution in [-0.2, 0) is 0 Å². The minimum absolute atomic E-state index is 0.198. The van der Waals surface area contributed by atoms with Crippen molar-refractivity contribution in [2.45, 2.75) is 119 Å². The van der Waals surface area contributed by atoms with Gasteiger partial charge < -0.3 is 20.4 Å². The van der Waals surface area contributed by atoms with Gasteiger partial charge in [-0.2, -0.15) is 0 Å². The highest BCUT2D eigenvalue weighted by atomic mass is 32.2. The van der Waals surface area contributed by atoms with E-state index in [0.29, 0.717) is 0 Å². The summed E-state index contributed by atoms with van der Waals surface area (Å²) in [5.41, 5.74) is 0. The molecule has 0 spiro atoms. The summed E-state index contributed by atoms with van der Waals surface area (Å²) in [5.74, 6) is 0. The number of hydrogen-bond donors (Lipinski definition) is 4. The molecule has 1 aliphatic rings. The normalized spacial score (nSPS) is 25.8. The van der Waals surface area contributed by atoms with Crippen LogP contribution in [0.3, 0.4) is 0 Å². The van der Waals surface area contributed by atoms with Crippen molar-refractivity contribution >= 4 is 23.7 Å². The zero-order valence-corrected chi connectivity index (χ0v) is 20.2. The van der Waals surface area contributed by atoms with Crippen LogP contribution in [-0.4, -0.2) is 72.6 Å². The third-order valence-electron chi connectivity index (χ3n) is 5.60. The van der Waals surface area contributed by atoms with Crippen LogP contribution in [0.15, 0.2) is 0 Å². The van der Waals surface area contributed by atoms with Crippen LogP contribution in [0.25, 0.3) is 0 Å². The summed E-state index contributed by atoms with van der Waals surface area (Å²) in [6.45, 7) is 6.08. The number of unbranched alkanes of at least 4 members (excludes halogenated alkanes) is 10. The van der Waals surface area contributed by atoms with Crippen molar-refractivity contribution in [3.8, 4) is 0 Å². The second-order valence-corrected chi connectivity index (χ2v) is 11.1. The second kappa shape index (κ2) is 17.1. The summed E-state index contributed by atoms with van der Waals surface area (Å²) in [6, 6.07) is 0. The molecule has 174 valence electrons. The number of thioether (sulfide) groups is 1. The van der Waals surface area contributed by atoms with Crippen LogP contribution in [0, 0.1) is 0 Å². The monoisotopic (exact) mass is 451 g/mol. The average Bonchev–Trinajstić information content (AvgIpc) is 3.00. The molecule has 1 fully saturated rings. The maximum absolute atomic E-state index is 10.4. The fourth-order valence-corrected chi connectivity index (χ4v) is 6.90. The number of hydrogen-bond acceptors (Lipinski definition) is 7. The Bertz CT molecular complexity index is 376. The molecule has 1 aliphatic heterocycles. The Balaban J connectivity index is 2.46. The van der Waals surface area contributed by atoms with Gasteiger partial charge in [0, 0.05) is 13.1 Å². The Kier molecular flexibility index (Phi) is 16.2. The van der Waals surface area contributed by atoms with Gasteiger partial charge in [0.25, 0.3) is 0 Å². The van der Waals surface area contributed by atoms with Crippen molar-refractivity contribution in [3.63, 3.8) is 0 Å². The molecule has 0 aromatic rings. The van der Waals surface area contributed by atoms with E-state index in [1.54, 1.807) is 11.9 Å². The van der Waals surface area contributed by atoms with Crippen LogP contribution in [0.2, 0.25) is 0 Å². The zero-order chi connectivity index (χ0) is 21.5. The van der Waals surface area contributed by atoms with E-state index in [4.69, 9.17) is 0 Å². The fraction of sp³-hybridized carbons (Fsp3) is 1.00. The van der Waals surface area contributed by atoms with E-state index in [1.807, 2.05) is 0 Å². The van der Waals surface area contributed by atoms with Crippen LogP contribution >= 0.6 is 23.7 Å². The van der Waals surface area contributed by atoms with Crippen LogP contribution in [0.5, 0.6) is 0 Å². The molecule has 0 aromatic carbocycles. The fourth-order valence-electron chi connectivity index (χ4n) is 3.68. The molecule has 1 rings (SSSR count). The van der Waals surface area contributed by atoms with Gasteiger partial charge in [-0.1, -0.05) is 90.0 Å². The van der Waals surface area contributed by atoms with E-state index in [9.17, 15) is 20.4 Å². The minimum atomic E-state index is -0.999. The van der Waals surface area contributed by atoms with Crippen molar-refractivity contribution in [1.29, 1.82) is 0 Å². The largest absolute Gasteiger partial charge is 0.394 e. The van der Waals surface area contributed by atoms with Crippen LogP contribution in [0.4, 0.5) is 0 Å². The highest BCUT2D eigenvalue weighted by Gasteiger charge is 2.46. The predicted molar refractivity (Wildman–Crippen MR) is 126 cm³/mol. The number of aliphatic hydroxyl groups excluding tert-OH is 4. The molecule has 29 heavy (non-hydrogen) atoms. The molecule has 5 atom stereocenters. The van der Waals surface area contributed by atoms with Crippen LogP contribution in [0.1, 0.15) is 90.9 Å². The van der Waals surface area contributed by atoms with E-state index >= 15 is 0 Å². The number of nitrogens with zero attached hydrogens (tertiary/aromatic N) is 1. The van der Waals surface area contributed by atoms with Gasteiger partial charge in [0.15, 0.2) is 0 Å². The first-order chi connectivity index (χ1) is 14.0. The van der Waals surface area contributed by atoms with Gasteiger partial charge in [-0.3, -0.25) is 0 Å². The summed E-state index contributed by atoms with van der Waals surface area (Å²) in [7, 11) is 0. The molecule has 0 amide bonds. The lowest BCUT2D eigenvalue weighted by molar-refractivity contribution is -0.00149. The molecular formula is C22H45NO4S2. The topological polar surface area (TPSA) is 84.2 Å². The van der Waals surface area contributed by atoms with E-state index < -0.39 is 30.2 Å². The minimum Gasteiger partial charge on any atom is -0.394 e. The van der Waals surface area contributed by atoms with E-state index in [-0.39, 0.29) is 4.58 Å². The standard InChI is InChI=1S/C22H45NO4S2/c1-3-5-7-9-11-13-15-23(16-14-12-10-8-6-4-2)29-22-20(27)19(26)21(28-22)18(25)17-24/h18-22,24-27H,3-17H2,1-2H3/t18-,19-,20-,21-,22+/m1/s1. The maximum Gasteiger partial charge on any atom is 0.103 e. The van der Waals surface area contributed by atoms with Crippen molar-refractivity contribution in [2.75, 3.05) is 19.7 Å². The number of rotatable bonds is 18. The smallest absolute Gasteiger partial charge is 0.103 e.